The van der Waals surface area contributed by atoms with Crippen LogP contribution < -0.4 is 15.6 Å². The highest BCUT2D eigenvalue weighted by Gasteiger charge is 2.06. The van der Waals surface area contributed by atoms with Gasteiger partial charge in [-0.1, -0.05) is 59.6 Å². The molecule has 2 N–H and O–H groups in total. The molecule has 0 saturated heterocycles. The number of carbonyl (C=O) groups excluding carboxylic acids is 2. The van der Waals surface area contributed by atoms with Crippen molar-refractivity contribution in [2.24, 2.45) is 10.2 Å². The van der Waals surface area contributed by atoms with E-state index in [-0.39, 0.29) is 6.61 Å². The van der Waals surface area contributed by atoms with Crippen LogP contribution in [0.25, 0.3) is 0 Å². The van der Waals surface area contributed by atoms with E-state index in [0.29, 0.717) is 32.5 Å². The van der Waals surface area contributed by atoms with Crippen molar-refractivity contribution in [2.45, 2.75) is 0 Å². The minimum atomic E-state index is -0.441. The Kier molecular flexibility index (Phi) is 8.36. The first-order chi connectivity index (χ1) is 15.5. The predicted molar refractivity (Wildman–Crippen MR) is 126 cm³/mol. The van der Waals surface area contributed by atoms with Crippen LogP contribution in [-0.4, -0.2) is 30.9 Å². The molecule has 0 radical (unpaired) electrons. The second kappa shape index (κ2) is 11.6. The lowest BCUT2D eigenvalue weighted by molar-refractivity contribution is -0.123. The van der Waals surface area contributed by atoms with Gasteiger partial charge in [-0.25, -0.2) is 10.9 Å². The van der Waals surface area contributed by atoms with Gasteiger partial charge in [-0.05, 0) is 36.4 Å². The fourth-order valence-electron chi connectivity index (χ4n) is 2.44. The Morgan fingerprint density at radius 1 is 0.781 bits per heavy atom. The lowest BCUT2D eigenvalue weighted by Crippen LogP contribution is -2.24. The number of nitrogens with one attached hydrogen (secondary N) is 2. The van der Waals surface area contributed by atoms with Gasteiger partial charge >= 0.3 is 0 Å². The second-order valence-electron chi connectivity index (χ2n) is 6.35. The van der Waals surface area contributed by atoms with E-state index in [9.17, 15) is 9.59 Å². The Balaban J connectivity index is 1.45. The summed E-state index contributed by atoms with van der Waals surface area (Å²) in [6.07, 6.45) is 2.91. The normalized spacial score (nSPS) is 10.9. The number of ether oxygens (including phenoxy) is 1. The fraction of sp³-hybridized carbons (Fsp3) is 0.0435. The molecule has 0 atom stereocenters. The number of carbonyl (C=O) groups is 2. The Bertz CT molecular complexity index is 1150. The van der Waals surface area contributed by atoms with Crippen molar-refractivity contribution in [3.05, 3.63) is 99.5 Å². The number of hydrogen-bond donors (Lipinski definition) is 2. The summed E-state index contributed by atoms with van der Waals surface area (Å²) in [6.45, 7) is -0.243. The fourth-order valence-corrected chi connectivity index (χ4v) is 2.81. The highest BCUT2D eigenvalue weighted by atomic mass is 35.5. The zero-order valence-corrected chi connectivity index (χ0v) is 18.2. The third-order valence-electron chi connectivity index (χ3n) is 4.06. The lowest BCUT2D eigenvalue weighted by atomic mass is 10.2. The lowest BCUT2D eigenvalue weighted by Gasteiger charge is -2.06. The van der Waals surface area contributed by atoms with Crippen LogP contribution in [-0.2, 0) is 4.79 Å². The molecule has 0 aliphatic rings. The standard InChI is InChI=1S/C23H18Cl2N4O3/c24-20-7-3-1-5-17(20)13-26-28-22(30)15-32-19-11-9-16(10-12-19)23(31)29-27-14-18-6-2-4-8-21(18)25/h1-14H,15H2,(H,28,30)(H,29,31)/b26-13-,27-14-. The van der Waals surface area contributed by atoms with Gasteiger partial charge in [0.05, 0.1) is 12.4 Å². The van der Waals surface area contributed by atoms with E-state index in [1.165, 1.54) is 12.4 Å². The van der Waals surface area contributed by atoms with Crippen molar-refractivity contribution in [3.8, 4) is 5.75 Å². The first-order valence-electron chi connectivity index (χ1n) is 9.40. The molecule has 0 heterocycles. The molecule has 0 aromatic heterocycles. The van der Waals surface area contributed by atoms with Crippen molar-refractivity contribution in [3.63, 3.8) is 0 Å². The first kappa shape index (κ1) is 23.0. The largest absolute Gasteiger partial charge is 0.484 e. The van der Waals surface area contributed by atoms with Crippen LogP contribution in [0.1, 0.15) is 21.5 Å². The molecule has 9 heteroatoms. The van der Waals surface area contributed by atoms with Crippen LogP contribution in [0, 0.1) is 0 Å². The van der Waals surface area contributed by atoms with Crippen LogP contribution in [0.2, 0.25) is 10.0 Å². The van der Waals surface area contributed by atoms with Crippen LogP contribution in [0.4, 0.5) is 0 Å². The Morgan fingerprint density at radius 2 is 1.31 bits per heavy atom. The highest BCUT2D eigenvalue weighted by molar-refractivity contribution is 6.33. The van der Waals surface area contributed by atoms with E-state index in [1.807, 2.05) is 12.1 Å². The smallest absolute Gasteiger partial charge is 0.277 e. The molecule has 0 fully saturated rings. The van der Waals surface area contributed by atoms with Crippen molar-refractivity contribution in [1.29, 1.82) is 0 Å². The Morgan fingerprint density at radius 3 is 1.88 bits per heavy atom. The molecule has 3 aromatic rings. The van der Waals surface area contributed by atoms with Gasteiger partial charge in [-0.3, -0.25) is 9.59 Å². The number of benzene rings is 3. The summed E-state index contributed by atoms with van der Waals surface area (Å²) in [6, 6.07) is 20.5. The first-order valence-corrected chi connectivity index (χ1v) is 10.2. The van der Waals surface area contributed by atoms with Gasteiger partial charge in [-0.2, -0.15) is 10.2 Å². The number of rotatable bonds is 8. The molecular weight excluding hydrogens is 451 g/mol. The van der Waals surface area contributed by atoms with E-state index in [0.717, 1.165) is 0 Å². The SMILES string of the molecule is O=C(COc1ccc(C(=O)N/N=C\c2ccccc2Cl)cc1)N/N=C\c1ccccc1Cl. The minimum absolute atomic E-state index is 0.243. The van der Waals surface area contributed by atoms with Crippen molar-refractivity contribution in [1.82, 2.24) is 10.9 Å². The van der Waals surface area contributed by atoms with Gasteiger partial charge in [-0.15, -0.1) is 0 Å². The molecule has 0 spiro atoms. The average molecular weight is 469 g/mol. The third-order valence-corrected chi connectivity index (χ3v) is 4.75. The zero-order chi connectivity index (χ0) is 22.8. The topological polar surface area (TPSA) is 92.2 Å². The van der Waals surface area contributed by atoms with Gasteiger partial charge in [0.15, 0.2) is 6.61 Å². The molecule has 2 amide bonds. The molecule has 32 heavy (non-hydrogen) atoms. The molecule has 3 rings (SSSR count). The van der Waals surface area contributed by atoms with Gasteiger partial charge < -0.3 is 4.74 Å². The number of nitrogens with zero attached hydrogens (tertiary/aromatic N) is 2. The molecule has 3 aromatic carbocycles. The summed E-state index contributed by atoms with van der Waals surface area (Å²) in [5, 5.41) is 8.81. The Hall–Kier alpha value is -3.68. The van der Waals surface area contributed by atoms with E-state index >= 15 is 0 Å². The summed E-state index contributed by atoms with van der Waals surface area (Å²) in [4.78, 5) is 24.0. The minimum Gasteiger partial charge on any atom is -0.484 e. The number of halogens is 2. The summed E-state index contributed by atoms with van der Waals surface area (Å²) < 4.78 is 5.39. The molecule has 0 bridgehead atoms. The summed E-state index contributed by atoms with van der Waals surface area (Å²) in [5.41, 5.74) is 6.53. The summed E-state index contributed by atoms with van der Waals surface area (Å²) in [7, 11) is 0. The van der Waals surface area contributed by atoms with Crippen LogP contribution >= 0.6 is 23.2 Å². The molecule has 162 valence electrons. The molecule has 0 unspecified atom stereocenters. The highest BCUT2D eigenvalue weighted by Crippen LogP contribution is 2.14. The van der Waals surface area contributed by atoms with Gasteiger partial charge in [0, 0.05) is 26.7 Å². The summed E-state index contributed by atoms with van der Waals surface area (Å²) in [5.74, 6) is -0.415. The monoisotopic (exact) mass is 468 g/mol. The van der Waals surface area contributed by atoms with Crippen molar-refractivity contribution < 1.29 is 14.3 Å². The maximum absolute atomic E-state index is 12.2. The van der Waals surface area contributed by atoms with Crippen molar-refractivity contribution >= 4 is 47.4 Å². The van der Waals surface area contributed by atoms with E-state index in [1.54, 1.807) is 60.7 Å². The average Bonchev–Trinajstić information content (AvgIpc) is 2.80. The predicted octanol–water partition coefficient (Wildman–Crippen LogP) is 4.29. The zero-order valence-electron chi connectivity index (χ0n) is 16.7. The number of amides is 2. The quantitative estimate of drug-likeness (QED) is 0.381. The molecule has 0 saturated carbocycles. The third kappa shape index (κ3) is 6.94. The van der Waals surface area contributed by atoms with E-state index < -0.39 is 11.8 Å². The Labute approximate surface area is 194 Å². The number of hydrazone groups is 2. The van der Waals surface area contributed by atoms with Crippen molar-refractivity contribution in [2.75, 3.05) is 6.61 Å². The second-order valence-corrected chi connectivity index (χ2v) is 7.16. The van der Waals surface area contributed by atoms with E-state index in [4.69, 9.17) is 27.9 Å². The molecular formula is C23H18Cl2N4O3. The maximum atomic E-state index is 12.2. The summed E-state index contributed by atoms with van der Waals surface area (Å²) >= 11 is 12.0. The van der Waals surface area contributed by atoms with Gasteiger partial charge in [0.2, 0.25) is 0 Å². The van der Waals surface area contributed by atoms with Gasteiger partial charge in [0.1, 0.15) is 5.75 Å². The van der Waals surface area contributed by atoms with E-state index in [2.05, 4.69) is 21.1 Å². The molecule has 0 aliphatic heterocycles. The van der Waals surface area contributed by atoms with Crippen LogP contribution in [0.3, 0.4) is 0 Å². The van der Waals surface area contributed by atoms with Gasteiger partial charge in [0.25, 0.3) is 11.8 Å². The van der Waals surface area contributed by atoms with Crippen LogP contribution in [0.15, 0.2) is 83.0 Å². The van der Waals surface area contributed by atoms with Crippen LogP contribution in [0.5, 0.6) is 5.75 Å². The molecule has 0 aliphatic carbocycles. The maximum Gasteiger partial charge on any atom is 0.277 e. The molecule has 7 nitrogen and oxygen atoms in total. The number of hydrogen-bond acceptors (Lipinski definition) is 5.